The van der Waals surface area contributed by atoms with Crippen molar-refractivity contribution < 1.29 is 24.5 Å². The first-order valence-electron chi connectivity index (χ1n) is 10.8. The van der Waals surface area contributed by atoms with Crippen LogP contribution in [-0.4, -0.2) is 62.7 Å². The molecule has 0 fully saturated rings. The molecule has 0 aliphatic carbocycles. The number of rotatable bonds is 10. The predicted molar refractivity (Wildman–Crippen MR) is 122 cm³/mol. The normalized spacial score (nSPS) is 18.3. The van der Waals surface area contributed by atoms with Crippen LogP contribution in [0.3, 0.4) is 0 Å². The Kier molecular flexibility index (Phi) is 8.13. The van der Waals surface area contributed by atoms with Crippen LogP contribution in [0.5, 0.6) is 0 Å². The Balaban J connectivity index is 1.72. The van der Waals surface area contributed by atoms with Crippen LogP contribution in [0.15, 0.2) is 54.1 Å². The fraction of sp³-hybridized carbons (Fsp3) is 0.409. The summed E-state index contributed by atoms with van der Waals surface area (Å²) >= 11 is 0. The van der Waals surface area contributed by atoms with Gasteiger partial charge in [-0.25, -0.2) is 4.98 Å². The van der Waals surface area contributed by atoms with Crippen LogP contribution in [0.25, 0.3) is 0 Å². The lowest BCUT2D eigenvalue weighted by molar-refractivity contribution is -0.144. The molecule has 11 heteroatoms. The highest BCUT2D eigenvalue weighted by molar-refractivity contribution is 6.43. The fourth-order valence-corrected chi connectivity index (χ4v) is 3.62. The maximum atomic E-state index is 13.3. The smallest absolute Gasteiger partial charge is 0.426 e. The third kappa shape index (κ3) is 6.59. The average molecular weight is 453 g/mol. The van der Waals surface area contributed by atoms with E-state index >= 15 is 0 Å². The van der Waals surface area contributed by atoms with Crippen LogP contribution in [0, 0.1) is 5.92 Å². The number of benzene rings is 1. The van der Waals surface area contributed by atoms with Gasteiger partial charge in [0.1, 0.15) is 5.69 Å². The number of aromatic nitrogens is 2. The Hall–Kier alpha value is -3.31. The number of amides is 2. The third-order valence-electron chi connectivity index (χ3n) is 5.24. The summed E-state index contributed by atoms with van der Waals surface area (Å²) in [7, 11) is -1.71. The Labute approximate surface area is 192 Å². The van der Waals surface area contributed by atoms with E-state index in [1.165, 1.54) is 18.6 Å². The lowest BCUT2D eigenvalue weighted by atomic mass is 9.74. The molecule has 2 heterocycles. The highest BCUT2D eigenvalue weighted by Gasteiger charge is 2.48. The standard InChI is InChI=1S/C22H28BN5O5/c1-15(2)10-19(23(31)32)27-21(30)22(11-16-6-4-3-5-7-16)12-17(28-33-22)13-26-20(29)18-14-24-8-9-25-18/h3-9,14-15,19,31-32H,10-13H2,1-2H3,(H,26,29)(H,27,30). The van der Waals surface area contributed by atoms with Gasteiger partial charge in [0.2, 0.25) is 5.60 Å². The molecule has 2 atom stereocenters. The van der Waals surface area contributed by atoms with Gasteiger partial charge in [-0.3, -0.25) is 14.6 Å². The molecule has 2 aromatic rings. The number of carbonyl (C=O) groups excluding carboxylic acids is 2. The van der Waals surface area contributed by atoms with Gasteiger partial charge >= 0.3 is 7.12 Å². The molecule has 1 aliphatic rings. The number of oxime groups is 1. The Morgan fingerprint density at radius 3 is 2.61 bits per heavy atom. The van der Waals surface area contributed by atoms with Crippen molar-refractivity contribution in [2.24, 2.45) is 11.1 Å². The first-order valence-corrected chi connectivity index (χ1v) is 10.8. The minimum Gasteiger partial charge on any atom is -0.426 e. The molecule has 2 amide bonds. The quantitative estimate of drug-likeness (QED) is 0.384. The van der Waals surface area contributed by atoms with Crippen LogP contribution < -0.4 is 10.6 Å². The average Bonchev–Trinajstić information content (AvgIpc) is 3.22. The highest BCUT2D eigenvalue weighted by Crippen LogP contribution is 2.29. The topological polar surface area (TPSA) is 146 Å². The van der Waals surface area contributed by atoms with E-state index in [9.17, 15) is 19.6 Å². The molecule has 1 aromatic carbocycles. The Morgan fingerprint density at radius 2 is 1.97 bits per heavy atom. The van der Waals surface area contributed by atoms with Crippen molar-refractivity contribution in [3.05, 3.63) is 60.2 Å². The lowest BCUT2D eigenvalue weighted by Crippen LogP contribution is -2.56. The van der Waals surface area contributed by atoms with Crippen LogP contribution in [0.1, 0.15) is 42.7 Å². The summed E-state index contributed by atoms with van der Waals surface area (Å²) in [6.07, 6.45) is 4.98. The van der Waals surface area contributed by atoms with Crippen LogP contribution in [-0.2, 0) is 16.1 Å². The Bertz CT molecular complexity index is 974. The SMILES string of the molecule is CC(C)CC(NC(=O)C1(Cc2ccccc2)CC(CNC(=O)c2cnccn2)=NO1)B(O)O. The monoisotopic (exact) mass is 453 g/mol. The van der Waals surface area contributed by atoms with Gasteiger partial charge < -0.3 is 25.5 Å². The molecule has 0 bridgehead atoms. The first kappa shape index (κ1) is 24.3. The van der Waals surface area contributed by atoms with Crippen molar-refractivity contribution in [1.82, 2.24) is 20.6 Å². The second-order valence-electron chi connectivity index (χ2n) is 8.48. The van der Waals surface area contributed by atoms with Crippen molar-refractivity contribution >= 4 is 24.6 Å². The molecule has 10 nitrogen and oxygen atoms in total. The van der Waals surface area contributed by atoms with Crippen LogP contribution in [0.4, 0.5) is 0 Å². The number of nitrogens with zero attached hydrogens (tertiary/aromatic N) is 3. The van der Waals surface area contributed by atoms with Crippen molar-refractivity contribution in [3.63, 3.8) is 0 Å². The third-order valence-corrected chi connectivity index (χ3v) is 5.24. The van der Waals surface area contributed by atoms with Crippen molar-refractivity contribution in [1.29, 1.82) is 0 Å². The predicted octanol–water partition coefficient (Wildman–Crippen LogP) is 0.507. The van der Waals surface area contributed by atoms with Gasteiger partial charge in [-0.1, -0.05) is 49.3 Å². The van der Waals surface area contributed by atoms with E-state index in [-0.39, 0.29) is 31.0 Å². The molecule has 2 unspecified atom stereocenters. The molecule has 4 N–H and O–H groups in total. The van der Waals surface area contributed by atoms with Gasteiger partial charge in [0.25, 0.3) is 11.8 Å². The minimum absolute atomic E-state index is 0.0667. The van der Waals surface area contributed by atoms with E-state index in [1.807, 2.05) is 44.2 Å². The molecule has 0 saturated heterocycles. The van der Waals surface area contributed by atoms with Crippen LogP contribution >= 0.6 is 0 Å². The Morgan fingerprint density at radius 1 is 1.21 bits per heavy atom. The summed E-state index contributed by atoms with van der Waals surface area (Å²) in [6, 6.07) is 9.34. The largest absolute Gasteiger partial charge is 0.475 e. The summed E-state index contributed by atoms with van der Waals surface area (Å²) in [5, 5.41) is 29.0. The van der Waals surface area contributed by atoms with Crippen molar-refractivity contribution in [2.75, 3.05) is 6.54 Å². The van der Waals surface area contributed by atoms with Crippen molar-refractivity contribution in [3.8, 4) is 0 Å². The fourth-order valence-electron chi connectivity index (χ4n) is 3.62. The number of nitrogens with one attached hydrogen (secondary N) is 2. The number of hydrogen-bond donors (Lipinski definition) is 4. The van der Waals surface area contributed by atoms with E-state index in [0.29, 0.717) is 12.1 Å². The molecular formula is C22H28BN5O5. The molecule has 1 aliphatic heterocycles. The summed E-state index contributed by atoms with van der Waals surface area (Å²) in [6.45, 7) is 3.92. The van der Waals surface area contributed by atoms with E-state index in [2.05, 4.69) is 25.8 Å². The second kappa shape index (κ2) is 11.0. The van der Waals surface area contributed by atoms with Gasteiger partial charge in [0, 0.05) is 25.2 Å². The van der Waals surface area contributed by atoms with E-state index in [4.69, 9.17) is 4.84 Å². The van der Waals surface area contributed by atoms with Gasteiger partial charge in [0.15, 0.2) is 0 Å². The van der Waals surface area contributed by atoms with Gasteiger partial charge in [-0.05, 0) is 17.9 Å². The molecular weight excluding hydrogens is 425 g/mol. The summed E-state index contributed by atoms with van der Waals surface area (Å²) in [5.41, 5.74) is 0.123. The second-order valence-corrected chi connectivity index (χ2v) is 8.48. The van der Waals surface area contributed by atoms with E-state index < -0.39 is 30.5 Å². The zero-order valence-corrected chi connectivity index (χ0v) is 18.6. The highest BCUT2D eigenvalue weighted by atomic mass is 16.7. The molecule has 0 spiro atoms. The molecule has 3 rings (SSSR count). The van der Waals surface area contributed by atoms with E-state index in [0.717, 1.165) is 5.56 Å². The van der Waals surface area contributed by atoms with Crippen LogP contribution in [0.2, 0.25) is 0 Å². The number of hydrogen-bond acceptors (Lipinski definition) is 8. The van der Waals surface area contributed by atoms with Gasteiger partial charge in [-0.15, -0.1) is 0 Å². The van der Waals surface area contributed by atoms with Gasteiger partial charge in [0.05, 0.1) is 24.4 Å². The summed E-state index contributed by atoms with van der Waals surface area (Å²) in [4.78, 5) is 39.1. The first-order chi connectivity index (χ1) is 15.8. The maximum Gasteiger partial charge on any atom is 0.475 e. The van der Waals surface area contributed by atoms with E-state index in [1.54, 1.807) is 0 Å². The minimum atomic E-state index is -1.71. The molecule has 33 heavy (non-hydrogen) atoms. The summed E-state index contributed by atoms with van der Waals surface area (Å²) < 4.78 is 0. The summed E-state index contributed by atoms with van der Waals surface area (Å²) in [5.74, 6) is -1.63. The van der Waals surface area contributed by atoms with Gasteiger partial charge in [-0.2, -0.15) is 0 Å². The maximum absolute atomic E-state index is 13.3. The number of carbonyl (C=O) groups is 2. The molecule has 0 radical (unpaired) electrons. The zero-order valence-electron chi connectivity index (χ0n) is 18.6. The molecule has 174 valence electrons. The molecule has 1 aromatic heterocycles. The van der Waals surface area contributed by atoms with Crippen molar-refractivity contribution in [2.45, 2.75) is 44.7 Å². The zero-order chi connectivity index (χ0) is 23.8. The molecule has 0 saturated carbocycles. The lowest BCUT2D eigenvalue weighted by Gasteiger charge is -2.29.